The van der Waals surface area contributed by atoms with Crippen LogP contribution in [-0.2, 0) is 0 Å². The Balaban J connectivity index is 2.15. The monoisotopic (exact) mass is 297 g/mol. The number of hydrogen-bond acceptors (Lipinski definition) is 4. The van der Waals surface area contributed by atoms with Gasteiger partial charge in [0.1, 0.15) is 17.0 Å². The number of benzene rings is 1. The van der Waals surface area contributed by atoms with Crippen molar-refractivity contribution in [2.24, 2.45) is 0 Å². The second kappa shape index (κ2) is 5.82. The van der Waals surface area contributed by atoms with Crippen LogP contribution in [0.5, 0.6) is 0 Å². The second-order valence-electron chi connectivity index (χ2n) is 5.28. The Kier molecular flexibility index (Phi) is 3.88. The van der Waals surface area contributed by atoms with E-state index < -0.39 is 0 Å². The lowest BCUT2D eigenvalue weighted by Crippen LogP contribution is -2.02. The number of rotatable bonds is 4. The average Bonchev–Trinajstić information content (AvgIpc) is 2.92. The molecule has 3 aromatic rings. The van der Waals surface area contributed by atoms with E-state index in [1.54, 1.807) is 17.7 Å². The molecule has 0 bridgehead atoms. The summed E-state index contributed by atoms with van der Waals surface area (Å²) in [6.45, 7) is 7.37. The molecule has 0 aliphatic heterocycles. The van der Waals surface area contributed by atoms with Crippen LogP contribution in [0.4, 0.5) is 5.82 Å². The summed E-state index contributed by atoms with van der Waals surface area (Å²) < 4.78 is 0. The number of anilines is 1. The number of aromatic nitrogens is 2. The third-order valence-corrected chi connectivity index (χ3v) is 4.62. The van der Waals surface area contributed by atoms with Gasteiger partial charge in [0.05, 0.1) is 5.39 Å². The lowest BCUT2D eigenvalue weighted by atomic mass is 10.0. The summed E-state index contributed by atoms with van der Waals surface area (Å²) in [4.78, 5) is 9.87. The van der Waals surface area contributed by atoms with Crippen molar-refractivity contribution in [3.8, 4) is 11.1 Å². The highest BCUT2D eigenvalue weighted by Gasteiger charge is 2.13. The van der Waals surface area contributed by atoms with E-state index in [4.69, 9.17) is 0 Å². The third kappa shape index (κ3) is 2.63. The van der Waals surface area contributed by atoms with Crippen LogP contribution in [0.2, 0.25) is 0 Å². The zero-order valence-electron chi connectivity index (χ0n) is 12.6. The van der Waals surface area contributed by atoms with Crippen LogP contribution in [-0.4, -0.2) is 16.5 Å². The van der Waals surface area contributed by atoms with Crippen LogP contribution >= 0.6 is 11.3 Å². The van der Waals surface area contributed by atoms with Gasteiger partial charge in [-0.3, -0.25) is 0 Å². The quantitative estimate of drug-likeness (QED) is 0.752. The fraction of sp³-hybridized carbons (Fsp3) is 0.294. The Morgan fingerprint density at radius 3 is 2.76 bits per heavy atom. The van der Waals surface area contributed by atoms with Crippen molar-refractivity contribution < 1.29 is 0 Å². The summed E-state index contributed by atoms with van der Waals surface area (Å²) >= 11 is 1.68. The van der Waals surface area contributed by atoms with Gasteiger partial charge in [0.15, 0.2) is 0 Å². The van der Waals surface area contributed by atoms with Gasteiger partial charge >= 0.3 is 0 Å². The molecule has 2 heterocycles. The van der Waals surface area contributed by atoms with E-state index in [-0.39, 0.29) is 0 Å². The molecule has 0 amide bonds. The summed E-state index contributed by atoms with van der Waals surface area (Å²) in [6, 6.07) is 6.60. The van der Waals surface area contributed by atoms with Gasteiger partial charge in [0.25, 0.3) is 0 Å². The first-order chi connectivity index (χ1) is 10.2. The molecule has 3 nitrogen and oxygen atoms in total. The maximum atomic E-state index is 4.43. The first kappa shape index (κ1) is 14.0. The van der Waals surface area contributed by atoms with Gasteiger partial charge in [-0.05, 0) is 37.0 Å². The van der Waals surface area contributed by atoms with Gasteiger partial charge in [0, 0.05) is 17.5 Å². The number of nitrogens with one attached hydrogen (secondary N) is 1. The maximum absolute atomic E-state index is 4.43. The van der Waals surface area contributed by atoms with Crippen LogP contribution in [0.15, 0.2) is 29.9 Å². The third-order valence-electron chi connectivity index (χ3n) is 3.73. The van der Waals surface area contributed by atoms with Gasteiger partial charge in [-0.25, -0.2) is 9.97 Å². The van der Waals surface area contributed by atoms with E-state index in [1.807, 2.05) is 0 Å². The minimum atomic E-state index is 0.925. The molecule has 4 heteroatoms. The number of aryl methyl sites for hydroxylation is 2. The first-order valence-electron chi connectivity index (χ1n) is 7.24. The van der Waals surface area contributed by atoms with E-state index in [2.05, 4.69) is 59.6 Å². The minimum absolute atomic E-state index is 0.925. The van der Waals surface area contributed by atoms with Gasteiger partial charge in [-0.1, -0.05) is 25.1 Å². The van der Waals surface area contributed by atoms with Crippen LogP contribution < -0.4 is 5.32 Å². The Labute approximate surface area is 129 Å². The normalized spacial score (nSPS) is 11.0. The smallest absolute Gasteiger partial charge is 0.138 e. The van der Waals surface area contributed by atoms with Crippen LogP contribution in [0.1, 0.15) is 24.5 Å². The first-order valence-corrected chi connectivity index (χ1v) is 8.12. The molecule has 0 aliphatic carbocycles. The molecular weight excluding hydrogens is 278 g/mol. The fourth-order valence-corrected chi connectivity index (χ4v) is 3.29. The van der Waals surface area contributed by atoms with Crippen molar-refractivity contribution >= 4 is 27.4 Å². The molecule has 0 saturated heterocycles. The number of nitrogens with zero attached hydrogens (tertiary/aromatic N) is 2. The SMILES string of the molecule is CCCNc1ncnc2scc(-c3ccc(C)c(C)c3)c12. The summed E-state index contributed by atoms with van der Waals surface area (Å²) in [6.07, 6.45) is 2.72. The molecule has 1 aromatic carbocycles. The van der Waals surface area contributed by atoms with Crippen molar-refractivity contribution in [2.45, 2.75) is 27.2 Å². The van der Waals surface area contributed by atoms with Gasteiger partial charge in [-0.2, -0.15) is 0 Å². The molecule has 0 spiro atoms. The second-order valence-corrected chi connectivity index (χ2v) is 6.14. The van der Waals surface area contributed by atoms with E-state index in [0.29, 0.717) is 0 Å². The molecule has 0 saturated carbocycles. The molecule has 108 valence electrons. The zero-order valence-corrected chi connectivity index (χ0v) is 13.4. The van der Waals surface area contributed by atoms with E-state index in [0.717, 1.165) is 29.0 Å². The lowest BCUT2D eigenvalue weighted by Gasteiger charge is -2.08. The summed E-state index contributed by atoms with van der Waals surface area (Å²) in [5.41, 5.74) is 5.08. The van der Waals surface area contributed by atoms with E-state index in [1.165, 1.54) is 22.3 Å². The summed E-state index contributed by atoms with van der Waals surface area (Å²) in [7, 11) is 0. The van der Waals surface area contributed by atoms with Gasteiger partial charge in [0.2, 0.25) is 0 Å². The summed E-state index contributed by atoms with van der Waals surface area (Å²) in [5, 5.41) is 6.73. The molecule has 0 fully saturated rings. The number of fused-ring (bicyclic) bond motifs is 1. The van der Waals surface area contributed by atoms with E-state index >= 15 is 0 Å². The largest absolute Gasteiger partial charge is 0.369 e. The zero-order chi connectivity index (χ0) is 14.8. The molecule has 3 rings (SSSR count). The predicted molar refractivity (Wildman–Crippen MR) is 91.1 cm³/mol. The molecule has 0 atom stereocenters. The Morgan fingerprint density at radius 2 is 2.00 bits per heavy atom. The molecule has 21 heavy (non-hydrogen) atoms. The van der Waals surface area contributed by atoms with Gasteiger partial charge < -0.3 is 5.32 Å². The van der Waals surface area contributed by atoms with Crippen molar-refractivity contribution in [1.29, 1.82) is 0 Å². The van der Waals surface area contributed by atoms with Crippen molar-refractivity contribution in [3.05, 3.63) is 41.0 Å². The molecule has 0 unspecified atom stereocenters. The molecular formula is C17H19N3S. The predicted octanol–water partition coefficient (Wildman–Crippen LogP) is 4.80. The van der Waals surface area contributed by atoms with Crippen molar-refractivity contribution in [2.75, 3.05) is 11.9 Å². The standard InChI is InChI=1S/C17H19N3S/c1-4-7-18-16-15-14(9-21-17(15)20-10-19-16)13-6-5-11(2)12(3)8-13/h5-6,8-10H,4,7H2,1-3H3,(H,18,19,20). The number of thiophene rings is 1. The molecule has 0 aliphatic rings. The molecule has 2 aromatic heterocycles. The van der Waals surface area contributed by atoms with Crippen LogP contribution in [0.25, 0.3) is 21.3 Å². The highest BCUT2D eigenvalue weighted by molar-refractivity contribution is 7.17. The van der Waals surface area contributed by atoms with Crippen molar-refractivity contribution in [3.63, 3.8) is 0 Å². The van der Waals surface area contributed by atoms with Crippen LogP contribution in [0, 0.1) is 13.8 Å². The Hall–Kier alpha value is -1.94. The Bertz CT molecular complexity index is 777. The van der Waals surface area contributed by atoms with Crippen molar-refractivity contribution in [1.82, 2.24) is 9.97 Å². The average molecular weight is 297 g/mol. The van der Waals surface area contributed by atoms with Gasteiger partial charge in [-0.15, -0.1) is 11.3 Å². The topological polar surface area (TPSA) is 37.8 Å². The fourth-order valence-electron chi connectivity index (χ4n) is 2.37. The highest BCUT2D eigenvalue weighted by atomic mass is 32.1. The molecule has 0 radical (unpaired) electrons. The lowest BCUT2D eigenvalue weighted by molar-refractivity contribution is 0.970. The van der Waals surface area contributed by atoms with Crippen LogP contribution in [0.3, 0.4) is 0 Å². The number of hydrogen-bond donors (Lipinski definition) is 1. The highest BCUT2D eigenvalue weighted by Crippen LogP contribution is 2.36. The Morgan fingerprint density at radius 1 is 1.14 bits per heavy atom. The maximum Gasteiger partial charge on any atom is 0.138 e. The minimum Gasteiger partial charge on any atom is -0.369 e. The van der Waals surface area contributed by atoms with E-state index in [9.17, 15) is 0 Å². The molecule has 1 N–H and O–H groups in total. The summed E-state index contributed by atoms with van der Waals surface area (Å²) in [5.74, 6) is 0.941.